The second-order valence-electron chi connectivity index (χ2n) is 7.48. The van der Waals surface area contributed by atoms with E-state index in [0.29, 0.717) is 30.5 Å². The van der Waals surface area contributed by atoms with Crippen molar-refractivity contribution < 1.29 is 19.4 Å². The number of nitrogens with one attached hydrogen (secondary N) is 2. The third-order valence-corrected chi connectivity index (χ3v) is 5.47. The normalized spacial score (nSPS) is 16.6. The van der Waals surface area contributed by atoms with Gasteiger partial charge in [0.25, 0.3) is 5.91 Å². The Morgan fingerprint density at radius 2 is 2.13 bits per heavy atom. The molecule has 0 fully saturated rings. The van der Waals surface area contributed by atoms with E-state index in [1.165, 1.54) is 11.1 Å². The number of aryl methyl sites for hydroxylation is 1. The van der Waals surface area contributed by atoms with Gasteiger partial charge in [0.2, 0.25) is 0 Å². The minimum absolute atomic E-state index is 0.0179. The standard InChI is InChI=1S/C23H29ClN2O4/c1-29-10-9-25-23(28)15-30-21-8-6-16-5-7-20(12-18(16)13-21)26-14-22(27)17-3-2-4-19(24)11-17/h2-4,6,8,11,13,20,22,26-27H,5,7,9-10,12,14-15H2,1H3,(H,25,28)/t20-,22-/m0/s1. The maximum Gasteiger partial charge on any atom is 0.258 e. The Kier molecular flexibility index (Phi) is 8.51. The lowest BCUT2D eigenvalue weighted by Crippen LogP contribution is -2.37. The Bertz CT molecular complexity index is 846. The lowest BCUT2D eigenvalue weighted by Gasteiger charge is -2.27. The van der Waals surface area contributed by atoms with Crippen LogP contribution in [0.25, 0.3) is 0 Å². The highest BCUT2D eigenvalue weighted by molar-refractivity contribution is 6.30. The Morgan fingerprint density at radius 3 is 2.93 bits per heavy atom. The molecule has 162 valence electrons. The average Bonchev–Trinajstić information content (AvgIpc) is 2.76. The summed E-state index contributed by atoms with van der Waals surface area (Å²) in [5.41, 5.74) is 3.33. The van der Waals surface area contributed by atoms with Crippen molar-refractivity contribution in [2.24, 2.45) is 0 Å². The van der Waals surface area contributed by atoms with E-state index >= 15 is 0 Å². The van der Waals surface area contributed by atoms with E-state index in [4.69, 9.17) is 21.1 Å². The number of aliphatic hydroxyl groups excluding tert-OH is 1. The molecule has 30 heavy (non-hydrogen) atoms. The third kappa shape index (κ3) is 6.71. The summed E-state index contributed by atoms with van der Waals surface area (Å²) in [4.78, 5) is 11.8. The van der Waals surface area contributed by atoms with Gasteiger partial charge in [0.15, 0.2) is 6.61 Å². The van der Waals surface area contributed by atoms with Gasteiger partial charge in [0, 0.05) is 31.3 Å². The molecular weight excluding hydrogens is 404 g/mol. The van der Waals surface area contributed by atoms with Gasteiger partial charge in [0.05, 0.1) is 12.7 Å². The molecule has 0 spiro atoms. The molecule has 0 radical (unpaired) electrons. The maximum atomic E-state index is 11.8. The molecule has 3 N–H and O–H groups in total. The van der Waals surface area contributed by atoms with Crippen LogP contribution >= 0.6 is 11.6 Å². The molecule has 0 bridgehead atoms. The van der Waals surface area contributed by atoms with E-state index in [-0.39, 0.29) is 18.6 Å². The van der Waals surface area contributed by atoms with Crippen molar-refractivity contribution in [3.63, 3.8) is 0 Å². The first kappa shape index (κ1) is 22.6. The first-order chi connectivity index (χ1) is 14.5. The van der Waals surface area contributed by atoms with Gasteiger partial charge in [-0.2, -0.15) is 0 Å². The number of amides is 1. The third-order valence-electron chi connectivity index (χ3n) is 5.24. The fourth-order valence-electron chi connectivity index (χ4n) is 3.60. The summed E-state index contributed by atoms with van der Waals surface area (Å²) < 4.78 is 10.6. The topological polar surface area (TPSA) is 79.8 Å². The molecule has 0 aliphatic heterocycles. The SMILES string of the molecule is COCCNC(=O)COc1ccc2c(c1)C[C@@H](NC[C@H](O)c1cccc(Cl)c1)CC2. The predicted octanol–water partition coefficient (Wildman–Crippen LogP) is 2.66. The number of hydrogen-bond donors (Lipinski definition) is 3. The number of hydrogen-bond acceptors (Lipinski definition) is 5. The van der Waals surface area contributed by atoms with Crippen molar-refractivity contribution in [1.82, 2.24) is 10.6 Å². The molecule has 1 aliphatic carbocycles. The van der Waals surface area contributed by atoms with Crippen LogP contribution in [0.3, 0.4) is 0 Å². The predicted molar refractivity (Wildman–Crippen MR) is 117 cm³/mol. The van der Waals surface area contributed by atoms with Gasteiger partial charge in [0.1, 0.15) is 5.75 Å². The van der Waals surface area contributed by atoms with Crippen LogP contribution in [0.15, 0.2) is 42.5 Å². The van der Waals surface area contributed by atoms with Crippen LogP contribution in [0.1, 0.15) is 29.2 Å². The van der Waals surface area contributed by atoms with Crippen LogP contribution in [0.5, 0.6) is 5.75 Å². The fourth-order valence-corrected chi connectivity index (χ4v) is 3.80. The summed E-state index contributed by atoms with van der Waals surface area (Å²) in [5.74, 6) is 0.523. The Balaban J connectivity index is 1.49. The largest absolute Gasteiger partial charge is 0.484 e. The molecular formula is C23H29ClN2O4. The number of rotatable bonds is 10. The quantitative estimate of drug-likeness (QED) is 0.503. The van der Waals surface area contributed by atoms with Crippen molar-refractivity contribution in [2.75, 3.05) is 33.4 Å². The van der Waals surface area contributed by atoms with Crippen LogP contribution in [0.4, 0.5) is 0 Å². The van der Waals surface area contributed by atoms with Crippen LogP contribution in [0, 0.1) is 0 Å². The molecule has 0 aromatic heterocycles. The summed E-state index contributed by atoms with van der Waals surface area (Å²) >= 11 is 6.01. The number of carbonyl (C=O) groups excluding carboxylic acids is 1. The number of methoxy groups -OCH3 is 1. The molecule has 7 heteroatoms. The van der Waals surface area contributed by atoms with Crippen LogP contribution < -0.4 is 15.4 Å². The number of aliphatic hydroxyl groups is 1. The van der Waals surface area contributed by atoms with Crippen LogP contribution in [-0.2, 0) is 22.4 Å². The number of halogens is 1. The van der Waals surface area contributed by atoms with E-state index < -0.39 is 6.10 Å². The van der Waals surface area contributed by atoms with Crippen molar-refractivity contribution in [2.45, 2.75) is 31.4 Å². The zero-order chi connectivity index (χ0) is 21.3. The van der Waals surface area contributed by atoms with Crippen molar-refractivity contribution in [3.05, 3.63) is 64.2 Å². The van der Waals surface area contributed by atoms with E-state index in [1.807, 2.05) is 24.3 Å². The lowest BCUT2D eigenvalue weighted by molar-refractivity contribution is -0.123. The molecule has 1 aliphatic rings. The van der Waals surface area contributed by atoms with Crippen LogP contribution in [0.2, 0.25) is 5.02 Å². The minimum Gasteiger partial charge on any atom is -0.484 e. The van der Waals surface area contributed by atoms with E-state index in [2.05, 4.69) is 16.7 Å². The molecule has 0 heterocycles. The first-order valence-corrected chi connectivity index (χ1v) is 10.6. The van der Waals surface area contributed by atoms with Gasteiger partial charge < -0.3 is 25.2 Å². The van der Waals surface area contributed by atoms with Gasteiger partial charge in [-0.3, -0.25) is 4.79 Å². The van der Waals surface area contributed by atoms with Crippen molar-refractivity contribution in [3.8, 4) is 5.75 Å². The molecule has 0 unspecified atom stereocenters. The van der Waals surface area contributed by atoms with Crippen molar-refractivity contribution in [1.29, 1.82) is 0 Å². The monoisotopic (exact) mass is 432 g/mol. The summed E-state index contributed by atoms with van der Waals surface area (Å²) in [6.07, 6.45) is 2.24. The lowest BCUT2D eigenvalue weighted by atomic mass is 9.88. The molecule has 2 atom stereocenters. The fraction of sp³-hybridized carbons (Fsp3) is 0.435. The molecule has 3 rings (SSSR count). The van der Waals surface area contributed by atoms with Gasteiger partial charge in [-0.25, -0.2) is 0 Å². The van der Waals surface area contributed by atoms with Gasteiger partial charge >= 0.3 is 0 Å². The number of carbonyl (C=O) groups is 1. The highest BCUT2D eigenvalue weighted by atomic mass is 35.5. The average molecular weight is 433 g/mol. The smallest absolute Gasteiger partial charge is 0.258 e. The summed E-state index contributed by atoms with van der Waals surface area (Å²) in [7, 11) is 1.59. The number of benzene rings is 2. The highest BCUT2D eigenvalue weighted by Gasteiger charge is 2.20. The van der Waals surface area contributed by atoms with Gasteiger partial charge in [-0.05, 0) is 60.2 Å². The second kappa shape index (κ2) is 11.3. The minimum atomic E-state index is -0.601. The summed E-state index contributed by atoms with van der Waals surface area (Å²) in [5, 5.41) is 17.3. The molecule has 2 aromatic rings. The van der Waals surface area contributed by atoms with E-state index in [9.17, 15) is 9.90 Å². The Labute approximate surface area is 182 Å². The second-order valence-corrected chi connectivity index (χ2v) is 7.92. The van der Waals surface area contributed by atoms with E-state index in [0.717, 1.165) is 24.8 Å². The highest BCUT2D eigenvalue weighted by Crippen LogP contribution is 2.26. The maximum absolute atomic E-state index is 11.8. The molecule has 6 nitrogen and oxygen atoms in total. The number of fused-ring (bicyclic) bond motifs is 1. The zero-order valence-electron chi connectivity index (χ0n) is 17.2. The summed E-state index contributed by atoms with van der Waals surface area (Å²) in [6.45, 7) is 1.40. The summed E-state index contributed by atoms with van der Waals surface area (Å²) in [6, 6.07) is 13.6. The Morgan fingerprint density at radius 1 is 1.27 bits per heavy atom. The number of ether oxygens (including phenoxy) is 2. The molecule has 0 saturated heterocycles. The van der Waals surface area contributed by atoms with Gasteiger partial charge in [-0.1, -0.05) is 29.8 Å². The van der Waals surface area contributed by atoms with Crippen molar-refractivity contribution >= 4 is 17.5 Å². The van der Waals surface area contributed by atoms with Gasteiger partial charge in [-0.15, -0.1) is 0 Å². The zero-order valence-corrected chi connectivity index (χ0v) is 18.0. The Hall–Kier alpha value is -2.12. The molecule has 1 amide bonds. The first-order valence-electron chi connectivity index (χ1n) is 10.2. The van der Waals surface area contributed by atoms with Crippen LogP contribution in [-0.4, -0.2) is 50.5 Å². The molecule has 2 aromatic carbocycles. The van der Waals surface area contributed by atoms with E-state index in [1.54, 1.807) is 19.2 Å². The molecule has 0 saturated carbocycles.